The highest BCUT2D eigenvalue weighted by Crippen LogP contribution is 2.42. The average Bonchev–Trinajstić information content (AvgIpc) is 2.96. The molecule has 3 fully saturated rings. The minimum absolute atomic E-state index is 0.0244. The maximum absolute atomic E-state index is 14.6. The van der Waals surface area contributed by atoms with Gasteiger partial charge in [0.25, 0.3) is 0 Å². The molecule has 0 aromatic heterocycles. The summed E-state index contributed by atoms with van der Waals surface area (Å²) in [5.74, 6) is 1.37. The summed E-state index contributed by atoms with van der Waals surface area (Å²) in [6.07, 6.45) is 9.65. The highest BCUT2D eigenvalue weighted by molar-refractivity contribution is 5.81. The summed E-state index contributed by atoms with van der Waals surface area (Å²) >= 11 is 0. The Kier molecular flexibility index (Phi) is 13.5. The van der Waals surface area contributed by atoms with E-state index in [4.69, 9.17) is 16.2 Å². The number of hydrogen-bond acceptors (Lipinski definition) is 8. The molecule has 10 heteroatoms. The zero-order valence-electron chi connectivity index (χ0n) is 27.2. The second-order valence-electron chi connectivity index (χ2n) is 13.7. The van der Waals surface area contributed by atoms with E-state index in [9.17, 15) is 9.18 Å². The number of aliphatic imine (C=N–C) groups is 1. The van der Waals surface area contributed by atoms with Crippen LogP contribution in [0.1, 0.15) is 91.4 Å². The second-order valence-corrected chi connectivity index (χ2v) is 13.7. The normalized spacial score (nSPS) is 30.9. The predicted octanol–water partition coefficient (Wildman–Crippen LogP) is 3.27. The van der Waals surface area contributed by atoms with Gasteiger partial charge in [-0.05, 0) is 50.6 Å². The number of piperidine rings is 1. The number of hydrogen-bond donors (Lipinski definition) is 3. The van der Waals surface area contributed by atoms with E-state index in [1.165, 1.54) is 25.7 Å². The minimum atomic E-state index is -0.894. The van der Waals surface area contributed by atoms with Crippen LogP contribution < -0.4 is 16.8 Å². The van der Waals surface area contributed by atoms with Crippen molar-refractivity contribution < 1.29 is 13.9 Å². The van der Waals surface area contributed by atoms with Gasteiger partial charge >= 0.3 is 0 Å². The lowest BCUT2D eigenvalue weighted by molar-refractivity contribution is -0.128. The Bertz CT molecular complexity index is 932. The van der Waals surface area contributed by atoms with E-state index in [-0.39, 0.29) is 29.2 Å². The van der Waals surface area contributed by atoms with Gasteiger partial charge in [-0.15, -0.1) is 0 Å². The first-order valence-corrected chi connectivity index (χ1v) is 17.4. The lowest BCUT2D eigenvalue weighted by Gasteiger charge is -2.49. The average molecular weight is 606 g/mol. The van der Waals surface area contributed by atoms with Crippen molar-refractivity contribution in [1.82, 2.24) is 20.0 Å². The number of likely N-dealkylation sites (tertiary alicyclic amines) is 1. The predicted molar refractivity (Wildman–Crippen MR) is 172 cm³/mol. The molecule has 0 aromatic carbocycles. The molecule has 4 aliphatic heterocycles. The molecule has 4 aliphatic rings. The molecule has 43 heavy (non-hydrogen) atoms. The van der Waals surface area contributed by atoms with E-state index in [2.05, 4.69) is 51.6 Å². The number of carbonyl (C=O) groups is 1. The van der Waals surface area contributed by atoms with Crippen molar-refractivity contribution in [3.05, 3.63) is 5.83 Å². The molecule has 5 unspecified atom stereocenters. The van der Waals surface area contributed by atoms with E-state index in [1.54, 1.807) is 0 Å². The molecule has 1 amide bonds. The van der Waals surface area contributed by atoms with Crippen molar-refractivity contribution in [1.29, 1.82) is 0 Å². The van der Waals surface area contributed by atoms with Crippen LogP contribution in [0.3, 0.4) is 0 Å². The molecule has 0 saturated carbocycles. The fourth-order valence-corrected chi connectivity index (χ4v) is 7.94. The first-order chi connectivity index (χ1) is 20.8. The first kappa shape index (κ1) is 34.5. The molecule has 0 radical (unpaired) electrons. The van der Waals surface area contributed by atoms with Gasteiger partial charge in [0.2, 0.25) is 5.91 Å². The van der Waals surface area contributed by atoms with E-state index in [0.29, 0.717) is 18.9 Å². The van der Waals surface area contributed by atoms with Crippen molar-refractivity contribution in [3.63, 3.8) is 0 Å². The molecule has 0 spiro atoms. The van der Waals surface area contributed by atoms with Crippen LogP contribution in [0.15, 0.2) is 10.8 Å². The molecule has 0 aromatic rings. The number of allylic oxidation sites excluding steroid dienone is 1. The SMILES string of the molecule is CCCCCCN1CCC(N2CCN(C3COC3)CC2)C(NC(=O)C(C(N)N)C2CC(CC)(CCC)CCC(F)=C=N2)C1. The van der Waals surface area contributed by atoms with Gasteiger partial charge in [-0.2, -0.15) is 0 Å². The van der Waals surface area contributed by atoms with Crippen molar-refractivity contribution in [2.45, 2.75) is 122 Å². The van der Waals surface area contributed by atoms with Gasteiger partial charge in [-0.25, -0.2) is 9.38 Å². The lowest BCUT2D eigenvalue weighted by atomic mass is 9.70. The van der Waals surface area contributed by atoms with Crippen LogP contribution in [0, 0.1) is 11.3 Å². The van der Waals surface area contributed by atoms with Gasteiger partial charge in [0.1, 0.15) is 0 Å². The van der Waals surface area contributed by atoms with Gasteiger partial charge in [0, 0.05) is 51.1 Å². The van der Waals surface area contributed by atoms with Gasteiger partial charge < -0.3 is 26.4 Å². The topological polar surface area (TPSA) is 112 Å². The maximum atomic E-state index is 14.6. The van der Waals surface area contributed by atoms with Gasteiger partial charge in [0.15, 0.2) is 5.83 Å². The third-order valence-corrected chi connectivity index (χ3v) is 10.8. The molecule has 4 rings (SSSR count). The number of nitrogens with zero attached hydrogens (tertiary/aromatic N) is 4. The second kappa shape index (κ2) is 16.8. The maximum Gasteiger partial charge on any atom is 0.228 e. The number of unbranched alkanes of at least 4 members (excludes halogenated alkanes) is 3. The van der Waals surface area contributed by atoms with Crippen LogP contribution in [-0.4, -0.2) is 116 Å². The number of carbonyl (C=O) groups excluding carboxylic acids is 1. The third-order valence-electron chi connectivity index (χ3n) is 10.8. The molecule has 9 nitrogen and oxygen atoms in total. The monoisotopic (exact) mass is 605 g/mol. The quantitative estimate of drug-likeness (QED) is 0.206. The first-order valence-electron chi connectivity index (χ1n) is 17.4. The smallest absolute Gasteiger partial charge is 0.228 e. The number of rotatable bonds is 14. The van der Waals surface area contributed by atoms with E-state index in [0.717, 1.165) is 91.1 Å². The van der Waals surface area contributed by atoms with E-state index in [1.807, 2.05) is 0 Å². The summed E-state index contributed by atoms with van der Waals surface area (Å²) in [4.78, 5) is 26.4. The Balaban J connectivity index is 1.50. The number of piperazine rings is 1. The Hall–Kier alpha value is -1.39. The van der Waals surface area contributed by atoms with Crippen LogP contribution in [-0.2, 0) is 9.53 Å². The Labute approximate surface area is 260 Å². The Morgan fingerprint density at radius 1 is 1.09 bits per heavy atom. The molecule has 246 valence electrons. The zero-order valence-corrected chi connectivity index (χ0v) is 27.2. The Morgan fingerprint density at radius 3 is 2.47 bits per heavy atom. The standard InChI is InChI=1S/C33H60FN7O2/c1-4-7-8-9-14-39-15-11-29(41-18-16-40(17-19-41)26-23-43-24-26)28(22-39)38-32(42)30(31(35)36)27-20-33(6-3,12-5-2)13-10-25(34)21-37-27/h26-31H,4-20,22-24,35-36H2,1-3H3,(H,38,42). The lowest BCUT2D eigenvalue weighted by Crippen LogP contribution is -2.66. The molecule has 5 N–H and O–H groups in total. The fraction of sp³-hybridized carbons (Fsp3) is 0.909. The fourth-order valence-electron chi connectivity index (χ4n) is 7.94. The summed E-state index contributed by atoms with van der Waals surface area (Å²) in [6, 6.07) is 0.292. The number of nitrogens with one attached hydrogen (secondary N) is 1. The van der Waals surface area contributed by atoms with E-state index >= 15 is 0 Å². The molecule has 0 aliphatic carbocycles. The summed E-state index contributed by atoms with van der Waals surface area (Å²) in [5.41, 5.74) is 12.6. The van der Waals surface area contributed by atoms with Crippen molar-refractivity contribution >= 4 is 11.8 Å². The van der Waals surface area contributed by atoms with Gasteiger partial charge in [-0.1, -0.05) is 52.9 Å². The number of amides is 1. The largest absolute Gasteiger partial charge is 0.378 e. The molecule has 3 saturated heterocycles. The van der Waals surface area contributed by atoms with E-state index < -0.39 is 18.1 Å². The third kappa shape index (κ3) is 9.32. The van der Waals surface area contributed by atoms with Gasteiger partial charge in [0.05, 0.1) is 43.4 Å². The summed E-state index contributed by atoms with van der Waals surface area (Å²) in [5, 5.41) is 3.45. The van der Waals surface area contributed by atoms with Crippen molar-refractivity contribution in [2.24, 2.45) is 27.8 Å². The Morgan fingerprint density at radius 2 is 1.84 bits per heavy atom. The highest BCUT2D eigenvalue weighted by atomic mass is 19.1. The molecule has 4 heterocycles. The summed E-state index contributed by atoms with van der Waals surface area (Å²) in [6.45, 7) is 15.2. The van der Waals surface area contributed by atoms with Crippen LogP contribution in [0.4, 0.5) is 4.39 Å². The molecule has 0 bridgehead atoms. The number of nitrogens with two attached hydrogens (primary N) is 2. The molecule has 5 atom stereocenters. The van der Waals surface area contributed by atoms with Crippen LogP contribution in [0.25, 0.3) is 0 Å². The molecular weight excluding hydrogens is 545 g/mol. The number of halogens is 1. The van der Waals surface area contributed by atoms with Crippen LogP contribution in [0.2, 0.25) is 0 Å². The highest BCUT2D eigenvalue weighted by Gasteiger charge is 2.42. The zero-order chi connectivity index (χ0) is 30.8. The van der Waals surface area contributed by atoms with Crippen LogP contribution >= 0.6 is 0 Å². The van der Waals surface area contributed by atoms with Crippen molar-refractivity contribution in [2.75, 3.05) is 59.0 Å². The minimum Gasteiger partial charge on any atom is -0.378 e. The number of ether oxygens (including phenoxy) is 1. The van der Waals surface area contributed by atoms with Crippen LogP contribution in [0.5, 0.6) is 0 Å². The summed E-state index contributed by atoms with van der Waals surface area (Å²) in [7, 11) is 0. The molecular formula is C33H60FN7O2. The summed E-state index contributed by atoms with van der Waals surface area (Å²) < 4.78 is 20.1. The van der Waals surface area contributed by atoms with Crippen molar-refractivity contribution in [3.8, 4) is 0 Å². The van der Waals surface area contributed by atoms with Gasteiger partial charge in [-0.3, -0.25) is 14.6 Å².